The van der Waals surface area contributed by atoms with Crippen molar-refractivity contribution in [3.05, 3.63) is 0 Å². The number of hydrogen-bond donors (Lipinski definition) is 2. The van der Waals surface area contributed by atoms with Gasteiger partial charge in [-0.05, 0) is 6.42 Å². The molecule has 236 valence electrons. The highest BCUT2D eigenvalue weighted by Gasteiger charge is 2.18. The highest BCUT2D eigenvalue weighted by molar-refractivity contribution is 5.70. The van der Waals surface area contributed by atoms with Crippen molar-refractivity contribution >= 4 is 18.2 Å². The molecule has 0 bridgehead atoms. The normalized spacial score (nSPS) is 12.0. The molecule has 1 unspecified atom stereocenters. The predicted molar refractivity (Wildman–Crippen MR) is 161 cm³/mol. The second-order valence-corrected chi connectivity index (χ2v) is 12.0. The van der Waals surface area contributed by atoms with Crippen LogP contribution in [0, 0.1) is 0 Å². The number of carbonyl (C=O) groups is 3. The molecule has 0 fully saturated rings. The largest absolute Gasteiger partial charge is 0.463 e. The summed E-state index contributed by atoms with van der Waals surface area (Å²) < 4.78 is 15.9. The first kappa shape index (κ1) is 38.0. The minimum Gasteiger partial charge on any atom is -0.463 e. The molecule has 0 radical (unpaired) electrons. The summed E-state index contributed by atoms with van der Waals surface area (Å²) in [6.45, 7) is 3.45. The smallest absolute Gasteiger partial charge is 0.407 e. The molecule has 40 heavy (non-hydrogen) atoms. The molecule has 0 heterocycles. The first-order chi connectivity index (χ1) is 19.2. The highest BCUT2D eigenvalue weighted by Crippen LogP contribution is 2.13. The van der Waals surface area contributed by atoms with Gasteiger partial charge in [-0.25, -0.2) is 9.59 Å². The quantitative estimate of drug-likeness (QED) is 0.0516. The van der Waals surface area contributed by atoms with E-state index in [1.807, 2.05) is 0 Å². The van der Waals surface area contributed by atoms with E-state index in [2.05, 4.69) is 43.4 Å². The van der Waals surface area contributed by atoms with Crippen LogP contribution in [0.3, 0.4) is 0 Å². The van der Waals surface area contributed by atoms with Crippen LogP contribution in [-0.2, 0) is 19.0 Å². The average Bonchev–Trinajstić information content (AvgIpc) is 2.91. The molecule has 0 aliphatic carbocycles. The maximum Gasteiger partial charge on any atom is 0.407 e. The zero-order valence-electron chi connectivity index (χ0n) is 26.5. The van der Waals surface area contributed by atoms with E-state index >= 15 is 0 Å². The number of nitrogens with zero attached hydrogens (tertiary/aromatic N) is 1. The third-order valence-electron chi connectivity index (χ3n) is 6.88. The van der Waals surface area contributed by atoms with E-state index in [9.17, 15) is 14.4 Å². The first-order valence-corrected chi connectivity index (χ1v) is 15.9. The Morgan fingerprint density at radius 2 is 1.12 bits per heavy atom. The summed E-state index contributed by atoms with van der Waals surface area (Å²) in [7, 11) is 7.43. The number of carbonyl (C=O) groups excluding carboxylic acids is 3. The van der Waals surface area contributed by atoms with Crippen molar-refractivity contribution in [2.75, 3.05) is 54.6 Å². The second kappa shape index (κ2) is 25.9. The van der Waals surface area contributed by atoms with Crippen LogP contribution in [-0.4, -0.2) is 83.2 Å². The third-order valence-corrected chi connectivity index (χ3v) is 6.88. The molecule has 0 rings (SSSR count). The number of methoxy groups -OCH3 is 1. The minimum atomic E-state index is -0.684. The molecular formula is C31H62N3O6+. The van der Waals surface area contributed by atoms with Crippen molar-refractivity contribution in [2.24, 2.45) is 0 Å². The molecule has 0 aromatic heterocycles. The summed E-state index contributed by atoms with van der Waals surface area (Å²) in [4.78, 5) is 35.7. The molecule has 0 saturated heterocycles. The maximum atomic E-state index is 12.0. The van der Waals surface area contributed by atoms with E-state index in [0.717, 1.165) is 23.9 Å². The van der Waals surface area contributed by atoms with Gasteiger partial charge in [0.05, 0.1) is 41.2 Å². The van der Waals surface area contributed by atoms with E-state index in [4.69, 9.17) is 9.47 Å². The molecule has 0 aliphatic heterocycles. The zero-order chi connectivity index (χ0) is 29.9. The fourth-order valence-corrected chi connectivity index (χ4v) is 4.41. The number of unbranched alkanes of at least 4 members (excludes halogenated alkanes) is 15. The number of amides is 2. The Balaban J connectivity index is 3.79. The van der Waals surface area contributed by atoms with E-state index in [1.54, 1.807) is 0 Å². The van der Waals surface area contributed by atoms with Crippen LogP contribution in [0.25, 0.3) is 0 Å². The number of nitrogens with one attached hydrogen (secondary N) is 2. The van der Waals surface area contributed by atoms with Crippen LogP contribution >= 0.6 is 0 Å². The summed E-state index contributed by atoms with van der Waals surface area (Å²) >= 11 is 0. The lowest BCUT2D eigenvalue weighted by molar-refractivity contribution is -0.870. The van der Waals surface area contributed by atoms with Crippen LogP contribution in [0.15, 0.2) is 0 Å². The summed E-state index contributed by atoms with van der Waals surface area (Å²) in [6, 6.07) is -0.684. The summed E-state index contributed by atoms with van der Waals surface area (Å²) in [5.41, 5.74) is 0. The lowest BCUT2D eigenvalue weighted by Crippen LogP contribution is -2.43. The van der Waals surface area contributed by atoms with Crippen LogP contribution in [0.5, 0.6) is 0 Å². The van der Waals surface area contributed by atoms with Crippen LogP contribution < -0.4 is 10.6 Å². The summed E-state index contributed by atoms with van der Waals surface area (Å²) in [5, 5.41) is 5.28. The SMILES string of the molecule is CCCCCCCCCCCCCCCCCCNC(=O)OCC(COC(=O)CCC[N+](C)(C)C)NC(=O)OC. The van der Waals surface area contributed by atoms with Gasteiger partial charge in [0.2, 0.25) is 0 Å². The predicted octanol–water partition coefficient (Wildman–Crippen LogP) is 6.73. The van der Waals surface area contributed by atoms with Gasteiger partial charge in [0, 0.05) is 13.0 Å². The zero-order valence-corrected chi connectivity index (χ0v) is 26.5. The molecule has 9 heteroatoms. The van der Waals surface area contributed by atoms with Crippen LogP contribution in [0.4, 0.5) is 9.59 Å². The van der Waals surface area contributed by atoms with Crippen LogP contribution in [0.1, 0.15) is 122 Å². The van der Waals surface area contributed by atoms with Crippen molar-refractivity contribution in [2.45, 2.75) is 129 Å². The van der Waals surface area contributed by atoms with Gasteiger partial charge in [-0.3, -0.25) is 4.79 Å². The Bertz CT molecular complexity index is 639. The Morgan fingerprint density at radius 1 is 0.650 bits per heavy atom. The average molecular weight is 573 g/mol. The number of quaternary nitrogens is 1. The van der Waals surface area contributed by atoms with Gasteiger partial charge in [-0.15, -0.1) is 0 Å². The molecule has 2 N–H and O–H groups in total. The number of hydrogen-bond acceptors (Lipinski definition) is 6. The van der Waals surface area contributed by atoms with Crippen molar-refractivity contribution in [1.82, 2.24) is 10.6 Å². The Hall–Kier alpha value is -2.03. The van der Waals surface area contributed by atoms with E-state index in [-0.39, 0.29) is 19.2 Å². The van der Waals surface area contributed by atoms with E-state index in [0.29, 0.717) is 19.4 Å². The molecule has 0 saturated carbocycles. The minimum absolute atomic E-state index is 0.0925. The van der Waals surface area contributed by atoms with Gasteiger partial charge in [-0.2, -0.15) is 0 Å². The van der Waals surface area contributed by atoms with Crippen molar-refractivity contribution < 1.29 is 33.1 Å². The fraction of sp³-hybridized carbons (Fsp3) is 0.903. The molecule has 2 amide bonds. The van der Waals surface area contributed by atoms with Gasteiger partial charge in [-0.1, -0.05) is 103 Å². The number of alkyl carbamates (subject to hydrolysis) is 2. The molecule has 9 nitrogen and oxygen atoms in total. The molecule has 1 atom stereocenters. The maximum absolute atomic E-state index is 12.0. The van der Waals surface area contributed by atoms with Gasteiger partial charge >= 0.3 is 18.2 Å². The van der Waals surface area contributed by atoms with Crippen molar-refractivity contribution in [1.29, 1.82) is 0 Å². The molecule has 0 spiro atoms. The number of esters is 1. The number of rotatable bonds is 26. The molecule has 0 aliphatic rings. The van der Waals surface area contributed by atoms with Crippen molar-refractivity contribution in [3.8, 4) is 0 Å². The topological polar surface area (TPSA) is 103 Å². The van der Waals surface area contributed by atoms with E-state index in [1.165, 1.54) is 97.0 Å². The lowest BCUT2D eigenvalue weighted by Gasteiger charge is -2.23. The van der Waals surface area contributed by atoms with E-state index < -0.39 is 18.2 Å². The Kier molecular flexibility index (Phi) is 24.6. The highest BCUT2D eigenvalue weighted by atomic mass is 16.6. The third kappa shape index (κ3) is 27.5. The fourth-order valence-electron chi connectivity index (χ4n) is 4.41. The van der Waals surface area contributed by atoms with Crippen LogP contribution in [0.2, 0.25) is 0 Å². The Labute approximate surface area is 245 Å². The lowest BCUT2D eigenvalue weighted by atomic mass is 10.0. The second-order valence-electron chi connectivity index (χ2n) is 12.0. The Morgan fingerprint density at radius 3 is 1.60 bits per heavy atom. The number of ether oxygens (including phenoxy) is 3. The molecule has 0 aromatic carbocycles. The van der Waals surface area contributed by atoms with Gasteiger partial charge in [0.1, 0.15) is 19.3 Å². The first-order valence-electron chi connectivity index (χ1n) is 15.9. The summed E-state index contributed by atoms with van der Waals surface area (Å²) in [5.74, 6) is -0.349. The summed E-state index contributed by atoms with van der Waals surface area (Å²) in [6.07, 6.45) is 20.7. The molecule has 0 aromatic rings. The van der Waals surface area contributed by atoms with Crippen molar-refractivity contribution in [3.63, 3.8) is 0 Å². The van der Waals surface area contributed by atoms with Gasteiger partial charge in [0.25, 0.3) is 0 Å². The monoisotopic (exact) mass is 572 g/mol. The molecular weight excluding hydrogens is 510 g/mol. The van der Waals surface area contributed by atoms with Gasteiger partial charge < -0.3 is 29.3 Å². The standard InChI is InChI=1S/C31H61N3O6/c1-6-7-8-9-10-11-12-13-14-15-16-17-18-19-20-21-24-32-30(36)40-27-28(33-31(37)38-5)26-39-29(35)23-22-25-34(2,3)4/h28H,6-27H2,1-5H3,(H-,32,33,36,37)/p+1. The van der Waals surface area contributed by atoms with Gasteiger partial charge in [0.15, 0.2) is 0 Å².